The maximum atomic E-state index is 13.8. The molecule has 17 heavy (non-hydrogen) atoms. The van der Waals surface area contributed by atoms with Crippen molar-refractivity contribution in [1.29, 1.82) is 0 Å². The molecule has 1 rings (SSSR count). The molecule has 0 saturated carbocycles. The topological polar surface area (TPSA) is 49.8 Å². The number of carboxylic acid groups (broad SMARTS) is 1. The third kappa shape index (κ3) is 3.80. The van der Waals surface area contributed by atoms with E-state index in [2.05, 4.69) is 0 Å². The lowest BCUT2D eigenvalue weighted by atomic mass is 10.1. The standard InChI is InChI=1S/C12H16FNO3/c1-14(6-7-17-2)8-9-4-3-5-10(11(9)13)12(15)16/h3-5H,6-8H2,1-2H3,(H,15,16). The van der Waals surface area contributed by atoms with Crippen LogP contribution in [0.5, 0.6) is 0 Å². The molecule has 0 bridgehead atoms. The number of nitrogens with zero attached hydrogens (tertiary/aromatic N) is 1. The first-order valence-electron chi connectivity index (χ1n) is 5.24. The molecule has 0 aliphatic heterocycles. The summed E-state index contributed by atoms with van der Waals surface area (Å²) >= 11 is 0. The van der Waals surface area contributed by atoms with Crippen molar-refractivity contribution < 1.29 is 19.0 Å². The molecule has 4 nitrogen and oxygen atoms in total. The number of ether oxygens (including phenoxy) is 1. The van der Waals surface area contributed by atoms with Gasteiger partial charge in [-0.15, -0.1) is 0 Å². The Morgan fingerprint density at radius 3 is 2.82 bits per heavy atom. The van der Waals surface area contributed by atoms with Gasteiger partial charge in [-0.25, -0.2) is 9.18 Å². The monoisotopic (exact) mass is 241 g/mol. The van der Waals surface area contributed by atoms with Crippen LogP contribution in [0, 0.1) is 5.82 Å². The van der Waals surface area contributed by atoms with Crippen LogP contribution in [0.15, 0.2) is 18.2 Å². The molecular formula is C12H16FNO3. The van der Waals surface area contributed by atoms with E-state index in [1.807, 2.05) is 11.9 Å². The Balaban J connectivity index is 2.77. The van der Waals surface area contributed by atoms with E-state index in [0.717, 1.165) is 0 Å². The fourth-order valence-electron chi connectivity index (χ4n) is 1.48. The first-order chi connectivity index (χ1) is 8.06. The first-order valence-corrected chi connectivity index (χ1v) is 5.24. The van der Waals surface area contributed by atoms with Crippen molar-refractivity contribution in [2.75, 3.05) is 27.3 Å². The highest BCUT2D eigenvalue weighted by Gasteiger charge is 2.14. The number of benzene rings is 1. The van der Waals surface area contributed by atoms with Crippen LogP contribution in [0.3, 0.4) is 0 Å². The van der Waals surface area contributed by atoms with E-state index in [1.165, 1.54) is 6.07 Å². The van der Waals surface area contributed by atoms with Gasteiger partial charge >= 0.3 is 5.97 Å². The van der Waals surface area contributed by atoms with Crippen LogP contribution >= 0.6 is 0 Å². The van der Waals surface area contributed by atoms with Gasteiger partial charge < -0.3 is 9.84 Å². The molecule has 0 amide bonds. The number of rotatable bonds is 6. The predicted octanol–water partition coefficient (Wildman–Crippen LogP) is 1.60. The van der Waals surface area contributed by atoms with E-state index in [4.69, 9.17) is 9.84 Å². The third-order valence-corrected chi connectivity index (χ3v) is 2.43. The number of halogens is 1. The molecule has 1 N–H and O–H groups in total. The zero-order valence-electron chi connectivity index (χ0n) is 9.94. The molecule has 94 valence electrons. The maximum Gasteiger partial charge on any atom is 0.338 e. The number of aromatic carboxylic acids is 1. The fourth-order valence-corrected chi connectivity index (χ4v) is 1.48. The molecule has 0 fully saturated rings. The SMILES string of the molecule is COCCN(C)Cc1cccc(C(=O)O)c1F. The van der Waals surface area contributed by atoms with Crippen LogP contribution in [0.25, 0.3) is 0 Å². The third-order valence-electron chi connectivity index (χ3n) is 2.43. The second-order valence-electron chi connectivity index (χ2n) is 3.81. The molecule has 0 atom stereocenters. The van der Waals surface area contributed by atoms with Crippen molar-refractivity contribution >= 4 is 5.97 Å². The van der Waals surface area contributed by atoms with Crippen molar-refractivity contribution in [3.05, 3.63) is 35.1 Å². The van der Waals surface area contributed by atoms with Crippen molar-refractivity contribution in [1.82, 2.24) is 4.90 Å². The number of carbonyl (C=O) groups is 1. The summed E-state index contributed by atoms with van der Waals surface area (Å²) in [6, 6.07) is 4.40. The van der Waals surface area contributed by atoms with E-state index >= 15 is 0 Å². The predicted molar refractivity (Wildman–Crippen MR) is 61.6 cm³/mol. The second-order valence-corrected chi connectivity index (χ2v) is 3.81. The quantitative estimate of drug-likeness (QED) is 0.822. The molecule has 0 aliphatic rings. The smallest absolute Gasteiger partial charge is 0.338 e. The Morgan fingerprint density at radius 1 is 1.53 bits per heavy atom. The summed E-state index contributed by atoms with van der Waals surface area (Å²) in [4.78, 5) is 12.6. The minimum absolute atomic E-state index is 0.289. The average Bonchev–Trinajstić information content (AvgIpc) is 2.28. The van der Waals surface area contributed by atoms with Crippen LogP contribution in [0.1, 0.15) is 15.9 Å². The second kappa shape index (κ2) is 6.32. The van der Waals surface area contributed by atoms with Crippen LogP contribution in [-0.2, 0) is 11.3 Å². The normalized spacial score (nSPS) is 10.8. The Kier molecular flexibility index (Phi) is 5.06. The van der Waals surface area contributed by atoms with E-state index in [0.29, 0.717) is 25.3 Å². The molecule has 0 aliphatic carbocycles. The lowest BCUT2D eigenvalue weighted by Crippen LogP contribution is -2.23. The van der Waals surface area contributed by atoms with Gasteiger partial charge in [-0.2, -0.15) is 0 Å². The molecule has 0 radical (unpaired) electrons. The van der Waals surface area contributed by atoms with Crippen molar-refractivity contribution in [3.8, 4) is 0 Å². The molecule has 5 heteroatoms. The molecule has 1 aromatic rings. The summed E-state index contributed by atoms with van der Waals surface area (Å²) in [6.07, 6.45) is 0. The van der Waals surface area contributed by atoms with Gasteiger partial charge in [0.15, 0.2) is 0 Å². The fraction of sp³-hybridized carbons (Fsp3) is 0.417. The van der Waals surface area contributed by atoms with Gasteiger partial charge in [0, 0.05) is 25.8 Å². The highest BCUT2D eigenvalue weighted by atomic mass is 19.1. The van der Waals surface area contributed by atoms with E-state index in [9.17, 15) is 9.18 Å². The largest absolute Gasteiger partial charge is 0.478 e. The van der Waals surface area contributed by atoms with Gasteiger partial charge in [0.05, 0.1) is 12.2 Å². The van der Waals surface area contributed by atoms with Crippen LogP contribution in [0.4, 0.5) is 4.39 Å². The van der Waals surface area contributed by atoms with Gasteiger partial charge in [0.25, 0.3) is 0 Å². The molecule has 0 spiro atoms. The zero-order valence-corrected chi connectivity index (χ0v) is 9.94. The molecule has 0 aromatic heterocycles. The summed E-state index contributed by atoms with van der Waals surface area (Å²) in [5.41, 5.74) is 0.0890. The molecule has 0 heterocycles. The summed E-state index contributed by atoms with van der Waals surface area (Å²) in [7, 11) is 3.42. The molecule has 1 aromatic carbocycles. The van der Waals surface area contributed by atoms with Crippen LogP contribution in [-0.4, -0.2) is 43.3 Å². The van der Waals surface area contributed by atoms with Gasteiger partial charge in [0.2, 0.25) is 0 Å². The van der Waals surface area contributed by atoms with E-state index in [1.54, 1.807) is 19.2 Å². The highest BCUT2D eigenvalue weighted by Crippen LogP contribution is 2.14. The Bertz CT molecular complexity index is 395. The Labute approximate surface area is 99.6 Å². The highest BCUT2D eigenvalue weighted by molar-refractivity contribution is 5.88. The number of methoxy groups -OCH3 is 1. The molecular weight excluding hydrogens is 225 g/mol. The minimum atomic E-state index is -1.25. The van der Waals surface area contributed by atoms with Gasteiger partial charge in [-0.05, 0) is 13.1 Å². The summed E-state index contributed by atoms with van der Waals surface area (Å²) in [5, 5.41) is 8.79. The Morgan fingerprint density at radius 2 is 2.24 bits per heavy atom. The van der Waals surface area contributed by atoms with Crippen LogP contribution in [0.2, 0.25) is 0 Å². The summed E-state index contributed by atoms with van der Waals surface area (Å²) < 4.78 is 18.7. The molecule has 0 saturated heterocycles. The number of likely N-dealkylation sites (N-methyl/N-ethyl adjacent to an activating group) is 1. The summed E-state index contributed by atoms with van der Waals surface area (Å²) in [6.45, 7) is 1.57. The number of carboxylic acids is 1. The number of hydrogen-bond donors (Lipinski definition) is 1. The van der Waals surface area contributed by atoms with Crippen molar-refractivity contribution in [2.45, 2.75) is 6.54 Å². The van der Waals surface area contributed by atoms with Gasteiger partial charge in [0.1, 0.15) is 5.82 Å². The van der Waals surface area contributed by atoms with Crippen molar-refractivity contribution in [3.63, 3.8) is 0 Å². The van der Waals surface area contributed by atoms with E-state index in [-0.39, 0.29) is 5.56 Å². The lowest BCUT2D eigenvalue weighted by molar-refractivity contribution is 0.0691. The maximum absolute atomic E-state index is 13.8. The van der Waals surface area contributed by atoms with E-state index < -0.39 is 11.8 Å². The zero-order chi connectivity index (χ0) is 12.8. The number of hydrogen-bond acceptors (Lipinski definition) is 3. The van der Waals surface area contributed by atoms with Crippen LogP contribution < -0.4 is 0 Å². The molecule has 0 unspecified atom stereocenters. The Hall–Kier alpha value is -1.46. The minimum Gasteiger partial charge on any atom is -0.478 e. The van der Waals surface area contributed by atoms with Crippen molar-refractivity contribution in [2.24, 2.45) is 0 Å². The first kappa shape index (κ1) is 13.6. The summed E-state index contributed by atoms with van der Waals surface area (Å²) in [5.74, 6) is -1.91. The average molecular weight is 241 g/mol. The van der Waals surface area contributed by atoms with Gasteiger partial charge in [-0.3, -0.25) is 4.90 Å². The van der Waals surface area contributed by atoms with Gasteiger partial charge in [-0.1, -0.05) is 12.1 Å². The lowest BCUT2D eigenvalue weighted by Gasteiger charge is -2.16.